The van der Waals surface area contributed by atoms with Crippen LogP contribution in [0.5, 0.6) is 0 Å². The maximum absolute atomic E-state index is 13.8. The molecule has 3 aromatic rings. The monoisotopic (exact) mass is 375 g/mol. The lowest BCUT2D eigenvalue weighted by molar-refractivity contribution is 0.0722. The molecule has 6 heteroatoms. The van der Waals surface area contributed by atoms with E-state index < -0.39 is 5.67 Å². The Balaban J connectivity index is 1.39. The van der Waals surface area contributed by atoms with E-state index in [-0.39, 0.29) is 6.04 Å². The molecule has 0 atom stereocenters. The van der Waals surface area contributed by atoms with Gasteiger partial charge in [0.1, 0.15) is 17.3 Å². The highest BCUT2D eigenvalue weighted by atomic mass is 19.1. The minimum Gasteiger partial charge on any atom is -0.367 e. The summed E-state index contributed by atoms with van der Waals surface area (Å²) in [4.78, 5) is 13.5. The summed E-state index contributed by atoms with van der Waals surface area (Å²) in [5.74, 6) is 1.67. The number of hydrogen-bond donors (Lipinski definition) is 2. The summed E-state index contributed by atoms with van der Waals surface area (Å²) in [6.45, 7) is 4.30. The van der Waals surface area contributed by atoms with E-state index in [0.29, 0.717) is 19.4 Å². The fraction of sp³-hybridized carbons (Fsp3) is 0.318. The number of nitrogens with zero attached hydrogens (tertiary/aromatic N) is 3. The molecule has 1 aromatic carbocycles. The Morgan fingerprint density at radius 3 is 2.82 bits per heavy atom. The normalized spacial score (nSPS) is 23.1. The smallest absolute Gasteiger partial charge is 0.135 e. The largest absolute Gasteiger partial charge is 0.367 e. The van der Waals surface area contributed by atoms with Gasteiger partial charge in [0.05, 0.1) is 12.2 Å². The van der Waals surface area contributed by atoms with Crippen LogP contribution >= 0.6 is 0 Å². The van der Waals surface area contributed by atoms with E-state index in [1.165, 1.54) is 0 Å². The fourth-order valence-corrected chi connectivity index (χ4v) is 4.05. The first-order chi connectivity index (χ1) is 13.5. The molecule has 0 amide bonds. The number of anilines is 2. The first-order valence-corrected chi connectivity index (χ1v) is 9.58. The molecule has 0 bridgehead atoms. The Labute approximate surface area is 163 Å². The highest BCUT2D eigenvalue weighted by molar-refractivity contribution is 6.11. The molecule has 0 spiro atoms. The van der Waals surface area contributed by atoms with Crippen molar-refractivity contribution in [3.8, 4) is 0 Å². The number of aromatic nitrogens is 2. The van der Waals surface area contributed by atoms with Crippen LogP contribution in [0.25, 0.3) is 10.8 Å². The van der Waals surface area contributed by atoms with Crippen molar-refractivity contribution in [2.45, 2.75) is 44.9 Å². The molecule has 1 saturated carbocycles. The van der Waals surface area contributed by atoms with Crippen molar-refractivity contribution in [1.82, 2.24) is 9.97 Å². The first-order valence-electron chi connectivity index (χ1n) is 9.58. The van der Waals surface area contributed by atoms with Crippen molar-refractivity contribution in [1.29, 1.82) is 0 Å². The molecule has 5 nitrogen and oxygen atoms in total. The highest BCUT2D eigenvalue weighted by Gasteiger charge is 2.40. The summed E-state index contributed by atoms with van der Waals surface area (Å²) in [6.07, 6.45) is 4.72. The molecule has 5 rings (SSSR count). The molecule has 1 fully saturated rings. The number of fused-ring (bicyclic) bond motifs is 2. The van der Waals surface area contributed by atoms with Gasteiger partial charge in [0.25, 0.3) is 0 Å². The molecule has 28 heavy (non-hydrogen) atoms. The quantitative estimate of drug-likeness (QED) is 0.702. The lowest BCUT2D eigenvalue weighted by Crippen LogP contribution is -2.45. The molecule has 142 valence electrons. The number of hydrogen-bond acceptors (Lipinski definition) is 5. The SMILES string of the molecule is Cc1cnc2c(c1)C(Nc1ccc3c(NC4CC(C)(F)C4)nccc3c1)=NC2. The van der Waals surface area contributed by atoms with Crippen molar-refractivity contribution < 1.29 is 4.39 Å². The van der Waals surface area contributed by atoms with Crippen LogP contribution in [-0.4, -0.2) is 27.5 Å². The van der Waals surface area contributed by atoms with E-state index >= 15 is 0 Å². The lowest BCUT2D eigenvalue weighted by atomic mass is 9.79. The Bertz CT molecular complexity index is 1100. The molecule has 2 aliphatic rings. The van der Waals surface area contributed by atoms with Crippen LogP contribution in [0.3, 0.4) is 0 Å². The number of amidine groups is 1. The van der Waals surface area contributed by atoms with E-state index in [9.17, 15) is 4.39 Å². The average Bonchev–Trinajstić information content (AvgIpc) is 3.02. The zero-order chi connectivity index (χ0) is 19.3. The van der Waals surface area contributed by atoms with Gasteiger partial charge in [-0.25, -0.2) is 9.37 Å². The topological polar surface area (TPSA) is 62.2 Å². The van der Waals surface area contributed by atoms with E-state index in [0.717, 1.165) is 44.9 Å². The minimum absolute atomic E-state index is 0.144. The van der Waals surface area contributed by atoms with Crippen molar-refractivity contribution >= 4 is 28.1 Å². The van der Waals surface area contributed by atoms with Crippen molar-refractivity contribution in [2.24, 2.45) is 4.99 Å². The van der Waals surface area contributed by atoms with Crippen LogP contribution in [0.2, 0.25) is 0 Å². The summed E-state index contributed by atoms with van der Waals surface area (Å²) in [7, 11) is 0. The van der Waals surface area contributed by atoms with Gasteiger partial charge in [-0.05, 0) is 55.1 Å². The number of pyridine rings is 2. The fourth-order valence-electron chi connectivity index (χ4n) is 4.05. The Hall–Kier alpha value is -3.02. The summed E-state index contributed by atoms with van der Waals surface area (Å²) in [6, 6.07) is 10.4. The third-order valence-electron chi connectivity index (χ3n) is 5.46. The number of nitrogens with one attached hydrogen (secondary N) is 2. The van der Waals surface area contributed by atoms with Crippen LogP contribution in [0.15, 0.2) is 47.7 Å². The second-order valence-electron chi connectivity index (χ2n) is 8.06. The van der Waals surface area contributed by atoms with Gasteiger partial charge in [-0.3, -0.25) is 9.98 Å². The molecule has 2 aromatic heterocycles. The molecule has 0 unspecified atom stereocenters. The van der Waals surface area contributed by atoms with Crippen LogP contribution in [-0.2, 0) is 6.54 Å². The zero-order valence-electron chi connectivity index (χ0n) is 16.0. The molecule has 3 heterocycles. The number of alkyl halides is 1. The van der Waals surface area contributed by atoms with Gasteiger partial charge in [-0.15, -0.1) is 0 Å². The number of rotatable bonds is 3. The van der Waals surface area contributed by atoms with Gasteiger partial charge >= 0.3 is 0 Å². The number of aryl methyl sites for hydroxylation is 1. The molecule has 1 aliphatic carbocycles. The van der Waals surface area contributed by atoms with Crippen LogP contribution in [0.1, 0.15) is 36.6 Å². The van der Waals surface area contributed by atoms with Gasteiger partial charge in [0.2, 0.25) is 0 Å². The number of aliphatic imine (C=N–C) groups is 1. The Kier molecular flexibility index (Phi) is 3.82. The predicted octanol–water partition coefficient (Wildman–Crippen LogP) is 4.61. The second-order valence-corrected chi connectivity index (χ2v) is 8.06. The van der Waals surface area contributed by atoms with Crippen molar-refractivity contribution in [2.75, 3.05) is 10.6 Å². The lowest BCUT2D eigenvalue weighted by Gasteiger charge is -2.39. The van der Waals surface area contributed by atoms with Gasteiger partial charge < -0.3 is 10.6 Å². The molecular weight excluding hydrogens is 353 g/mol. The molecular formula is C22H22FN5. The molecule has 0 saturated heterocycles. The second kappa shape index (κ2) is 6.26. The predicted molar refractivity (Wildman–Crippen MR) is 111 cm³/mol. The summed E-state index contributed by atoms with van der Waals surface area (Å²) in [5.41, 5.74) is 3.11. The van der Waals surface area contributed by atoms with Crippen molar-refractivity contribution in [3.05, 3.63) is 59.5 Å². The van der Waals surface area contributed by atoms with Gasteiger partial charge in [0, 0.05) is 47.9 Å². The van der Waals surface area contributed by atoms with Crippen LogP contribution in [0.4, 0.5) is 15.9 Å². The highest BCUT2D eigenvalue weighted by Crippen LogP contribution is 2.38. The number of halogens is 1. The Morgan fingerprint density at radius 1 is 1.14 bits per heavy atom. The van der Waals surface area contributed by atoms with E-state index in [4.69, 9.17) is 0 Å². The Morgan fingerprint density at radius 2 is 2.00 bits per heavy atom. The average molecular weight is 375 g/mol. The minimum atomic E-state index is -1.05. The summed E-state index contributed by atoms with van der Waals surface area (Å²) in [5, 5.41) is 8.92. The zero-order valence-corrected chi connectivity index (χ0v) is 16.0. The van der Waals surface area contributed by atoms with Gasteiger partial charge in [0.15, 0.2) is 0 Å². The maximum Gasteiger partial charge on any atom is 0.135 e. The van der Waals surface area contributed by atoms with Gasteiger partial charge in [-0.1, -0.05) is 0 Å². The van der Waals surface area contributed by atoms with Gasteiger partial charge in [-0.2, -0.15) is 0 Å². The van der Waals surface area contributed by atoms with E-state index in [1.807, 2.05) is 31.3 Å². The summed E-state index contributed by atoms with van der Waals surface area (Å²) < 4.78 is 13.8. The third-order valence-corrected chi connectivity index (χ3v) is 5.46. The number of benzene rings is 1. The van der Waals surface area contributed by atoms with Crippen LogP contribution < -0.4 is 10.6 Å². The molecule has 2 N–H and O–H groups in total. The maximum atomic E-state index is 13.8. The third kappa shape index (κ3) is 3.09. The molecule has 0 radical (unpaired) electrons. The standard InChI is InChI=1S/C22H22FN5/c1-13-7-18-19(25-11-13)12-26-21(18)27-15-3-4-17-14(8-15)5-6-24-20(17)28-16-9-22(2,23)10-16/h3-8,11,16H,9-10,12H2,1-2H3,(H,24,28)(H,26,27). The van der Waals surface area contributed by atoms with E-state index in [2.05, 4.69) is 37.7 Å². The summed E-state index contributed by atoms with van der Waals surface area (Å²) >= 11 is 0. The van der Waals surface area contributed by atoms with Crippen LogP contribution in [0, 0.1) is 6.92 Å². The first kappa shape index (κ1) is 17.1. The van der Waals surface area contributed by atoms with Crippen molar-refractivity contribution in [3.63, 3.8) is 0 Å². The molecule has 1 aliphatic heterocycles. The van der Waals surface area contributed by atoms with E-state index in [1.54, 1.807) is 13.1 Å².